The molecule has 1 fully saturated rings. The fraction of sp³-hybridized carbons (Fsp3) is 0.350. The maximum atomic E-state index is 12.8. The minimum atomic E-state index is 0.142. The van der Waals surface area contributed by atoms with Crippen LogP contribution in [0.4, 0.5) is 0 Å². The Labute approximate surface area is 159 Å². The molecule has 3 rings (SSSR count). The van der Waals surface area contributed by atoms with E-state index in [9.17, 15) is 4.79 Å². The Kier molecular flexibility index (Phi) is 6.40. The van der Waals surface area contributed by atoms with E-state index < -0.39 is 0 Å². The Morgan fingerprint density at radius 2 is 1.84 bits per heavy atom. The van der Waals surface area contributed by atoms with Crippen LogP contribution in [0, 0.1) is 0 Å². The van der Waals surface area contributed by atoms with E-state index in [-0.39, 0.29) is 11.9 Å². The van der Waals surface area contributed by atoms with Crippen LogP contribution in [0.1, 0.15) is 17.2 Å². The first-order valence-corrected chi connectivity index (χ1v) is 10.0. The number of likely N-dealkylation sites (N-methyl/N-ethyl adjacent to an activating group) is 1. The molecule has 0 bridgehead atoms. The zero-order chi connectivity index (χ0) is 17.6. The maximum absolute atomic E-state index is 12.8. The van der Waals surface area contributed by atoms with Crippen molar-refractivity contribution in [2.75, 3.05) is 32.4 Å². The second-order valence-electron chi connectivity index (χ2n) is 6.40. The highest BCUT2D eigenvalue weighted by Gasteiger charge is 2.29. The van der Waals surface area contributed by atoms with Gasteiger partial charge in [0.15, 0.2) is 0 Å². The Hall–Kier alpha value is -1.49. The third kappa shape index (κ3) is 5.00. The van der Waals surface area contributed by atoms with Crippen molar-refractivity contribution in [3.8, 4) is 0 Å². The average Bonchev–Trinajstić information content (AvgIpc) is 2.64. The summed E-state index contributed by atoms with van der Waals surface area (Å²) in [5.74, 6) is 1.56. The van der Waals surface area contributed by atoms with Crippen LogP contribution in [-0.4, -0.2) is 48.1 Å². The summed E-state index contributed by atoms with van der Waals surface area (Å²) in [7, 11) is 2.12. The summed E-state index contributed by atoms with van der Waals surface area (Å²) < 4.78 is 0. The largest absolute Gasteiger partial charge is 0.332 e. The lowest BCUT2D eigenvalue weighted by molar-refractivity contribution is -0.133. The van der Waals surface area contributed by atoms with Gasteiger partial charge in [-0.25, -0.2) is 0 Å². The first kappa shape index (κ1) is 18.3. The summed E-state index contributed by atoms with van der Waals surface area (Å²) >= 11 is 7.58. The van der Waals surface area contributed by atoms with E-state index in [0.29, 0.717) is 5.75 Å². The lowest BCUT2D eigenvalue weighted by Gasteiger charge is -2.40. The van der Waals surface area contributed by atoms with Crippen molar-refractivity contribution in [2.45, 2.75) is 11.8 Å². The van der Waals surface area contributed by atoms with Crippen LogP contribution >= 0.6 is 23.4 Å². The van der Waals surface area contributed by atoms with Gasteiger partial charge in [-0.3, -0.25) is 4.79 Å². The first-order valence-electron chi connectivity index (χ1n) is 8.48. The number of hydrogen-bond donors (Lipinski definition) is 0. The van der Waals surface area contributed by atoms with Gasteiger partial charge in [-0.05, 0) is 30.3 Å². The zero-order valence-electron chi connectivity index (χ0n) is 14.4. The molecule has 5 heteroatoms. The van der Waals surface area contributed by atoms with E-state index in [0.717, 1.165) is 30.4 Å². The molecule has 0 spiro atoms. The van der Waals surface area contributed by atoms with Gasteiger partial charge < -0.3 is 9.80 Å². The molecule has 3 nitrogen and oxygen atoms in total. The van der Waals surface area contributed by atoms with Gasteiger partial charge in [-0.2, -0.15) is 0 Å². The van der Waals surface area contributed by atoms with E-state index in [4.69, 9.17) is 11.6 Å². The average molecular weight is 375 g/mol. The molecular weight excluding hydrogens is 352 g/mol. The van der Waals surface area contributed by atoms with Crippen LogP contribution in [0.2, 0.25) is 5.02 Å². The molecule has 25 heavy (non-hydrogen) atoms. The van der Waals surface area contributed by atoms with Gasteiger partial charge in [0.25, 0.3) is 0 Å². The van der Waals surface area contributed by atoms with Crippen molar-refractivity contribution in [2.24, 2.45) is 0 Å². The fourth-order valence-corrected chi connectivity index (χ4v) is 4.09. The normalized spacial score (nSPS) is 18.3. The molecule has 0 N–H and O–H groups in total. The highest BCUT2D eigenvalue weighted by molar-refractivity contribution is 7.99. The molecule has 0 aliphatic carbocycles. The number of thioether (sulfide) groups is 1. The van der Waals surface area contributed by atoms with Gasteiger partial charge in [0.05, 0.1) is 11.8 Å². The molecule has 1 aliphatic heterocycles. The molecule has 2 aromatic rings. The lowest BCUT2D eigenvalue weighted by Crippen LogP contribution is -2.49. The number of hydrogen-bond acceptors (Lipinski definition) is 3. The summed E-state index contributed by atoms with van der Waals surface area (Å²) in [4.78, 5) is 17.1. The summed E-state index contributed by atoms with van der Waals surface area (Å²) in [5.41, 5.74) is 2.41. The van der Waals surface area contributed by atoms with Crippen molar-refractivity contribution in [1.29, 1.82) is 0 Å². The Bertz CT molecular complexity index is 693. The molecule has 0 aromatic heterocycles. The highest BCUT2D eigenvalue weighted by atomic mass is 35.5. The van der Waals surface area contributed by atoms with E-state index in [1.54, 1.807) is 11.8 Å². The van der Waals surface area contributed by atoms with Crippen molar-refractivity contribution in [3.05, 3.63) is 70.7 Å². The van der Waals surface area contributed by atoms with Crippen LogP contribution in [0.5, 0.6) is 0 Å². The summed E-state index contributed by atoms with van der Waals surface area (Å²) in [6, 6.07) is 18.3. The molecule has 0 saturated carbocycles. The van der Waals surface area contributed by atoms with E-state index in [1.807, 2.05) is 47.4 Å². The van der Waals surface area contributed by atoms with E-state index in [2.05, 4.69) is 24.1 Å². The number of amides is 1. The summed E-state index contributed by atoms with van der Waals surface area (Å²) in [6.45, 7) is 2.60. The zero-order valence-corrected chi connectivity index (χ0v) is 16.0. The maximum Gasteiger partial charge on any atom is 0.233 e. The molecule has 0 radical (unpaired) electrons. The van der Waals surface area contributed by atoms with Gasteiger partial charge in [-0.1, -0.05) is 54.1 Å². The third-order valence-corrected chi connectivity index (χ3v) is 5.74. The van der Waals surface area contributed by atoms with E-state index >= 15 is 0 Å². The van der Waals surface area contributed by atoms with Crippen LogP contribution in [0.3, 0.4) is 0 Å². The smallest absolute Gasteiger partial charge is 0.233 e. The minimum Gasteiger partial charge on any atom is -0.332 e. The van der Waals surface area contributed by atoms with Crippen molar-refractivity contribution >= 4 is 29.3 Å². The van der Waals surface area contributed by atoms with Gasteiger partial charge in [0.2, 0.25) is 5.91 Å². The summed E-state index contributed by atoms with van der Waals surface area (Å²) in [6.07, 6.45) is 0. The Morgan fingerprint density at radius 1 is 1.12 bits per heavy atom. The number of nitrogens with zero attached hydrogens (tertiary/aromatic N) is 2. The summed E-state index contributed by atoms with van der Waals surface area (Å²) in [5, 5.41) is 0.743. The first-order chi connectivity index (χ1) is 12.1. The van der Waals surface area contributed by atoms with Crippen LogP contribution in [0.25, 0.3) is 0 Å². The molecule has 132 valence electrons. The number of piperazine rings is 1. The SMILES string of the molecule is CN1CCN(C(=O)CSCc2ccc(Cl)cc2)C(c2ccccc2)C1. The Morgan fingerprint density at radius 3 is 2.56 bits per heavy atom. The highest BCUT2D eigenvalue weighted by Crippen LogP contribution is 2.26. The number of carbonyl (C=O) groups excluding carboxylic acids is 1. The lowest BCUT2D eigenvalue weighted by atomic mass is 10.0. The third-order valence-electron chi connectivity index (χ3n) is 4.50. The van der Waals surface area contributed by atoms with Crippen molar-refractivity contribution in [1.82, 2.24) is 9.80 Å². The molecule has 1 amide bonds. The number of halogens is 1. The van der Waals surface area contributed by atoms with Crippen LogP contribution < -0.4 is 0 Å². The molecule has 1 atom stereocenters. The Balaban J connectivity index is 1.60. The molecular formula is C20H23ClN2OS. The fourth-order valence-electron chi connectivity index (χ4n) is 3.10. The predicted octanol–water partition coefficient (Wildman–Crippen LogP) is 4.09. The molecule has 1 saturated heterocycles. The van der Waals surface area contributed by atoms with Gasteiger partial charge >= 0.3 is 0 Å². The van der Waals surface area contributed by atoms with Crippen LogP contribution in [0.15, 0.2) is 54.6 Å². The number of rotatable bonds is 5. The topological polar surface area (TPSA) is 23.6 Å². The van der Waals surface area contributed by atoms with E-state index in [1.165, 1.54) is 11.1 Å². The molecule has 1 heterocycles. The second-order valence-corrected chi connectivity index (χ2v) is 7.82. The monoisotopic (exact) mass is 374 g/mol. The standard InChI is InChI=1S/C20H23ClN2OS/c1-22-11-12-23(19(13-22)17-5-3-2-4-6-17)20(24)15-25-14-16-7-9-18(21)10-8-16/h2-10,19H,11-15H2,1H3. The number of carbonyl (C=O) groups is 1. The van der Waals surface area contributed by atoms with Crippen LogP contribution in [-0.2, 0) is 10.5 Å². The van der Waals surface area contributed by atoms with Crippen molar-refractivity contribution in [3.63, 3.8) is 0 Å². The number of benzene rings is 2. The van der Waals surface area contributed by atoms with Gasteiger partial charge in [0, 0.05) is 30.4 Å². The van der Waals surface area contributed by atoms with Crippen molar-refractivity contribution < 1.29 is 4.79 Å². The molecule has 2 aromatic carbocycles. The second kappa shape index (κ2) is 8.75. The molecule has 1 aliphatic rings. The predicted molar refractivity (Wildman–Crippen MR) is 106 cm³/mol. The minimum absolute atomic E-state index is 0.142. The van der Waals surface area contributed by atoms with Gasteiger partial charge in [-0.15, -0.1) is 11.8 Å². The quantitative estimate of drug-likeness (QED) is 0.787. The molecule has 1 unspecified atom stereocenters. The van der Waals surface area contributed by atoms with Gasteiger partial charge in [0.1, 0.15) is 0 Å².